The summed E-state index contributed by atoms with van der Waals surface area (Å²) in [6.07, 6.45) is 8.94. The summed E-state index contributed by atoms with van der Waals surface area (Å²) in [4.78, 5) is 0. The number of hydrogen-bond acceptors (Lipinski definition) is 0. The van der Waals surface area contributed by atoms with Gasteiger partial charge in [-0.25, -0.2) is 0 Å². The molecule has 0 N–H and O–H groups in total. The van der Waals surface area contributed by atoms with Gasteiger partial charge in [-0.2, -0.15) is 0 Å². The first-order chi connectivity index (χ1) is 6.18. The van der Waals surface area contributed by atoms with E-state index in [-0.39, 0.29) is 0 Å². The van der Waals surface area contributed by atoms with Crippen LogP contribution in [0.25, 0.3) is 0 Å². The molecular formula is C12H25B. The fourth-order valence-corrected chi connectivity index (χ4v) is 2.70. The van der Waals surface area contributed by atoms with Gasteiger partial charge in [0.05, 0.1) is 0 Å². The largest absolute Gasteiger partial charge is 0.126 e. The Morgan fingerprint density at radius 2 is 1.54 bits per heavy atom. The highest BCUT2D eigenvalue weighted by Crippen LogP contribution is 2.30. The number of hydrogen-bond donors (Lipinski definition) is 0. The van der Waals surface area contributed by atoms with Crippen molar-refractivity contribution in [3.05, 3.63) is 0 Å². The highest BCUT2D eigenvalue weighted by atomic mass is 14.1. The molecule has 0 spiro atoms. The Labute approximate surface area is 84.7 Å². The summed E-state index contributed by atoms with van der Waals surface area (Å²) in [6.45, 7) is 7.14. The topological polar surface area (TPSA) is 0 Å². The minimum Gasteiger partial charge on any atom is -0.0710 e. The Kier molecular flexibility index (Phi) is 4.91. The normalized spacial score (nSPS) is 31.1. The van der Waals surface area contributed by atoms with Crippen LogP contribution in [-0.2, 0) is 0 Å². The molecule has 0 atom stereocenters. The lowest BCUT2D eigenvalue weighted by Gasteiger charge is -2.22. The fourth-order valence-electron chi connectivity index (χ4n) is 2.70. The summed E-state index contributed by atoms with van der Waals surface area (Å²) in [7, 11) is 1.47. The maximum absolute atomic E-state index is 2.42. The molecule has 0 saturated heterocycles. The van der Waals surface area contributed by atoms with Crippen LogP contribution in [0.5, 0.6) is 0 Å². The van der Waals surface area contributed by atoms with Crippen molar-refractivity contribution in [1.82, 2.24) is 0 Å². The van der Waals surface area contributed by atoms with Crippen LogP contribution in [0.1, 0.15) is 59.3 Å². The van der Waals surface area contributed by atoms with Gasteiger partial charge in [-0.1, -0.05) is 70.9 Å². The highest BCUT2D eigenvalue weighted by Gasteiger charge is 2.16. The Morgan fingerprint density at radius 1 is 1.00 bits per heavy atom. The molecule has 0 aliphatic heterocycles. The van der Waals surface area contributed by atoms with Crippen LogP contribution in [-0.4, -0.2) is 7.28 Å². The Hall–Kier alpha value is 0.0649. The van der Waals surface area contributed by atoms with Gasteiger partial charge in [0, 0.05) is 0 Å². The Balaban J connectivity index is 2.24. The average Bonchev–Trinajstić information content (AvgIpc) is 1.99. The van der Waals surface area contributed by atoms with E-state index < -0.39 is 0 Å². The van der Waals surface area contributed by atoms with Crippen molar-refractivity contribution in [1.29, 1.82) is 0 Å². The lowest BCUT2D eigenvalue weighted by atomic mass is 9.53. The molecular weight excluding hydrogens is 155 g/mol. The fraction of sp³-hybridized carbons (Fsp3) is 1.00. The summed E-state index contributed by atoms with van der Waals surface area (Å²) in [6, 6.07) is 0. The first-order valence-corrected chi connectivity index (χ1v) is 6.18. The smallest absolute Gasteiger partial charge is 0.0710 e. The molecule has 1 fully saturated rings. The maximum atomic E-state index is 2.42. The second-order valence-corrected chi connectivity index (χ2v) is 5.46. The van der Waals surface area contributed by atoms with E-state index in [0.29, 0.717) is 0 Å². The molecule has 1 aliphatic rings. The molecule has 0 amide bonds. The molecule has 0 aromatic heterocycles. The van der Waals surface area contributed by atoms with E-state index >= 15 is 0 Å². The van der Waals surface area contributed by atoms with Crippen molar-refractivity contribution >= 4 is 7.28 Å². The lowest BCUT2D eigenvalue weighted by Crippen LogP contribution is -2.11. The molecule has 1 aliphatic carbocycles. The molecule has 1 heteroatoms. The quantitative estimate of drug-likeness (QED) is 0.563. The van der Waals surface area contributed by atoms with E-state index in [1.807, 2.05) is 0 Å². The summed E-state index contributed by atoms with van der Waals surface area (Å²) >= 11 is 0. The van der Waals surface area contributed by atoms with Crippen LogP contribution in [0.3, 0.4) is 0 Å². The van der Waals surface area contributed by atoms with Crippen LogP contribution in [0.15, 0.2) is 0 Å². The average molecular weight is 180 g/mol. The van der Waals surface area contributed by atoms with Crippen molar-refractivity contribution in [2.45, 2.75) is 70.9 Å². The molecule has 0 aromatic rings. The molecule has 76 valence electrons. The molecule has 0 unspecified atom stereocenters. The third-order valence-electron chi connectivity index (χ3n) is 3.42. The van der Waals surface area contributed by atoms with Crippen molar-refractivity contribution in [3.8, 4) is 0 Å². The van der Waals surface area contributed by atoms with Crippen LogP contribution >= 0.6 is 0 Å². The third-order valence-corrected chi connectivity index (χ3v) is 3.42. The van der Waals surface area contributed by atoms with Gasteiger partial charge in [0.1, 0.15) is 7.28 Å². The van der Waals surface area contributed by atoms with E-state index in [2.05, 4.69) is 20.8 Å². The van der Waals surface area contributed by atoms with E-state index in [9.17, 15) is 0 Å². The second-order valence-electron chi connectivity index (χ2n) is 5.46. The first-order valence-electron chi connectivity index (χ1n) is 6.18. The minimum atomic E-state index is 0.904. The Bertz CT molecular complexity index is 121. The minimum absolute atomic E-state index is 0.904. The van der Waals surface area contributed by atoms with Gasteiger partial charge in [-0.05, 0) is 5.92 Å². The standard InChI is InChI=1S/C12H25B/c1-10(2)13-12-8-4-6-11(3)7-5-9-12/h10-13H,4-9H2,1-3H3. The molecule has 0 radical (unpaired) electrons. The summed E-state index contributed by atoms with van der Waals surface area (Å²) in [5, 5.41) is 0. The second kappa shape index (κ2) is 5.72. The SMILES string of the molecule is CC(C)BC1CCCC(C)CCC1. The first kappa shape index (κ1) is 11.1. The lowest BCUT2D eigenvalue weighted by molar-refractivity contribution is 0.402. The van der Waals surface area contributed by atoms with Crippen LogP contribution in [0.2, 0.25) is 11.6 Å². The van der Waals surface area contributed by atoms with Crippen molar-refractivity contribution < 1.29 is 0 Å². The van der Waals surface area contributed by atoms with Gasteiger partial charge in [0.25, 0.3) is 0 Å². The number of rotatable bonds is 2. The molecule has 0 nitrogen and oxygen atoms in total. The van der Waals surface area contributed by atoms with Gasteiger partial charge in [-0.15, -0.1) is 0 Å². The van der Waals surface area contributed by atoms with Crippen molar-refractivity contribution in [2.75, 3.05) is 0 Å². The van der Waals surface area contributed by atoms with Gasteiger partial charge in [0.15, 0.2) is 0 Å². The van der Waals surface area contributed by atoms with Crippen LogP contribution < -0.4 is 0 Å². The van der Waals surface area contributed by atoms with Gasteiger partial charge in [-0.3, -0.25) is 0 Å². The van der Waals surface area contributed by atoms with Crippen molar-refractivity contribution in [2.24, 2.45) is 5.92 Å². The predicted molar refractivity (Wildman–Crippen MR) is 62.9 cm³/mol. The van der Waals surface area contributed by atoms with E-state index in [0.717, 1.165) is 17.6 Å². The summed E-state index contributed by atoms with van der Waals surface area (Å²) < 4.78 is 0. The monoisotopic (exact) mass is 180 g/mol. The van der Waals surface area contributed by atoms with Gasteiger partial charge < -0.3 is 0 Å². The predicted octanol–water partition coefficient (Wildman–Crippen LogP) is 4.03. The van der Waals surface area contributed by atoms with E-state index in [4.69, 9.17) is 0 Å². The Morgan fingerprint density at radius 3 is 2.00 bits per heavy atom. The van der Waals surface area contributed by atoms with Gasteiger partial charge in [0.2, 0.25) is 0 Å². The summed E-state index contributed by atoms with van der Waals surface area (Å²) in [5.41, 5.74) is 0. The van der Waals surface area contributed by atoms with Gasteiger partial charge >= 0.3 is 0 Å². The van der Waals surface area contributed by atoms with Crippen molar-refractivity contribution in [3.63, 3.8) is 0 Å². The zero-order valence-corrected chi connectivity index (χ0v) is 9.68. The zero-order valence-electron chi connectivity index (χ0n) is 9.68. The molecule has 1 saturated carbocycles. The van der Waals surface area contributed by atoms with E-state index in [1.165, 1.54) is 45.8 Å². The van der Waals surface area contributed by atoms with Crippen LogP contribution in [0.4, 0.5) is 0 Å². The molecule has 0 bridgehead atoms. The zero-order chi connectivity index (χ0) is 9.68. The molecule has 13 heavy (non-hydrogen) atoms. The molecule has 0 heterocycles. The van der Waals surface area contributed by atoms with Crippen LogP contribution in [0, 0.1) is 5.92 Å². The molecule has 1 rings (SSSR count). The third kappa shape index (κ3) is 4.74. The van der Waals surface area contributed by atoms with E-state index in [1.54, 1.807) is 0 Å². The highest BCUT2D eigenvalue weighted by molar-refractivity contribution is 6.39. The maximum Gasteiger partial charge on any atom is 0.126 e. The molecule has 0 aromatic carbocycles. The summed E-state index contributed by atoms with van der Waals surface area (Å²) in [5.74, 6) is 2.95.